The lowest BCUT2D eigenvalue weighted by Crippen LogP contribution is -2.11. The molecule has 0 spiro atoms. The van der Waals surface area contributed by atoms with E-state index in [1.165, 1.54) is 22.7 Å². The highest BCUT2D eigenvalue weighted by Crippen LogP contribution is 2.32. The minimum atomic E-state index is -0.139. The van der Waals surface area contributed by atoms with E-state index in [0.717, 1.165) is 16.0 Å². The van der Waals surface area contributed by atoms with E-state index in [2.05, 4.69) is 11.4 Å². The summed E-state index contributed by atoms with van der Waals surface area (Å²) in [4.78, 5) is 13.8. The number of carbonyl (C=O) groups is 1. The Morgan fingerprint density at radius 3 is 2.67 bits per heavy atom. The van der Waals surface area contributed by atoms with Crippen LogP contribution in [0.15, 0.2) is 11.4 Å². The first-order chi connectivity index (χ1) is 8.54. The van der Waals surface area contributed by atoms with Gasteiger partial charge in [-0.25, -0.2) is 0 Å². The van der Waals surface area contributed by atoms with Gasteiger partial charge in [-0.1, -0.05) is 0 Å². The molecule has 0 saturated heterocycles. The Balaban J connectivity index is 2.31. The number of nitrogens with zero attached hydrogens (tertiary/aromatic N) is 1. The second-order valence-corrected chi connectivity index (χ2v) is 6.13. The van der Waals surface area contributed by atoms with Crippen LogP contribution in [-0.2, 0) is 0 Å². The van der Waals surface area contributed by atoms with E-state index in [4.69, 9.17) is 5.26 Å². The SMILES string of the molecule is Cc1ccsc1C(=O)Nc1sc(C)c(C)c1C#N. The van der Waals surface area contributed by atoms with Gasteiger partial charge < -0.3 is 5.32 Å². The Hall–Kier alpha value is -1.64. The van der Waals surface area contributed by atoms with Crippen LogP contribution in [0.4, 0.5) is 5.00 Å². The Morgan fingerprint density at radius 2 is 2.11 bits per heavy atom. The Bertz CT molecular complexity index is 646. The summed E-state index contributed by atoms with van der Waals surface area (Å²) in [5, 5.41) is 14.5. The monoisotopic (exact) mass is 276 g/mol. The summed E-state index contributed by atoms with van der Waals surface area (Å²) in [7, 11) is 0. The van der Waals surface area contributed by atoms with Gasteiger partial charge in [0.2, 0.25) is 0 Å². The lowest BCUT2D eigenvalue weighted by atomic mass is 10.2. The predicted molar refractivity (Wildman–Crippen MR) is 75.5 cm³/mol. The molecular formula is C13H12N2OS2. The zero-order chi connectivity index (χ0) is 13.3. The van der Waals surface area contributed by atoms with E-state index in [1.54, 1.807) is 0 Å². The largest absolute Gasteiger partial charge is 0.312 e. The zero-order valence-corrected chi connectivity index (χ0v) is 12.0. The minimum absolute atomic E-state index is 0.139. The van der Waals surface area contributed by atoms with Crippen LogP contribution < -0.4 is 5.32 Å². The van der Waals surface area contributed by atoms with Gasteiger partial charge in [-0.05, 0) is 43.3 Å². The van der Waals surface area contributed by atoms with Crippen molar-refractivity contribution in [2.45, 2.75) is 20.8 Å². The number of thiophene rings is 2. The molecule has 0 saturated carbocycles. The molecule has 1 amide bonds. The van der Waals surface area contributed by atoms with E-state index in [0.29, 0.717) is 15.4 Å². The van der Waals surface area contributed by atoms with Gasteiger partial charge in [-0.3, -0.25) is 4.79 Å². The molecule has 0 aliphatic rings. The number of hydrogen-bond acceptors (Lipinski definition) is 4. The van der Waals surface area contributed by atoms with Gasteiger partial charge in [0, 0.05) is 4.88 Å². The number of nitrogens with one attached hydrogen (secondary N) is 1. The van der Waals surface area contributed by atoms with Crippen molar-refractivity contribution >= 4 is 33.6 Å². The highest BCUT2D eigenvalue weighted by atomic mass is 32.1. The van der Waals surface area contributed by atoms with Gasteiger partial charge in [0.15, 0.2) is 0 Å². The number of carbonyl (C=O) groups excluding carboxylic acids is 1. The summed E-state index contributed by atoms with van der Waals surface area (Å²) in [5.41, 5.74) is 2.47. The molecule has 0 fully saturated rings. The Labute approximate surface area is 114 Å². The highest BCUT2D eigenvalue weighted by molar-refractivity contribution is 7.17. The molecule has 0 aliphatic heterocycles. The van der Waals surface area contributed by atoms with Gasteiger partial charge >= 0.3 is 0 Å². The maximum Gasteiger partial charge on any atom is 0.266 e. The topological polar surface area (TPSA) is 52.9 Å². The molecule has 0 radical (unpaired) electrons. The van der Waals surface area contributed by atoms with Crippen molar-refractivity contribution in [2.75, 3.05) is 5.32 Å². The van der Waals surface area contributed by atoms with Crippen LogP contribution in [-0.4, -0.2) is 5.91 Å². The third-order valence-corrected chi connectivity index (χ3v) is 4.93. The van der Waals surface area contributed by atoms with E-state index in [1.807, 2.05) is 32.2 Å². The predicted octanol–water partition coefficient (Wildman–Crippen LogP) is 3.86. The fraction of sp³-hybridized carbons (Fsp3) is 0.231. The number of nitriles is 1. The zero-order valence-electron chi connectivity index (χ0n) is 10.3. The molecule has 0 aliphatic carbocycles. The number of aryl methyl sites for hydroxylation is 2. The van der Waals surface area contributed by atoms with Crippen molar-refractivity contribution in [1.82, 2.24) is 0 Å². The van der Waals surface area contributed by atoms with Crippen LogP contribution in [0, 0.1) is 32.1 Å². The van der Waals surface area contributed by atoms with E-state index < -0.39 is 0 Å². The lowest BCUT2D eigenvalue weighted by Gasteiger charge is -2.02. The number of rotatable bonds is 2. The van der Waals surface area contributed by atoms with Gasteiger partial charge in [-0.15, -0.1) is 22.7 Å². The summed E-state index contributed by atoms with van der Waals surface area (Å²) in [5.74, 6) is -0.139. The van der Waals surface area contributed by atoms with Gasteiger partial charge in [0.25, 0.3) is 5.91 Å². The maximum absolute atomic E-state index is 12.1. The second-order valence-electron chi connectivity index (χ2n) is 3.99. The number of amides is 1. The van der Waals surface area contributed by atoms with Crippen LogP contribution in [0.1, 0.15) is 31.2 Å². The van der Waals surface area contributed by atoms with Crippen LogP contribution >= 0.6 is 22.7 Å². The summed E-state index contributed by atoms with van der Waals surface area (Å²) in [6, 6.07) is 4.06. The standard InChI is InChI=1S/C13H12N2OS2/c1-7-4-5-17-11(7)12(16)15-13-10(6-14)8(2)9(3)18-13/h4-5H,1-3H3,(H,15,16). The molecule has 92 valence electrons. The Kier molecular flexibility index (Phi) is 3.50. The molecule has 2 rings (SSSR count). The van der Waals surface area contributed by atoms with E-state index in [-0.39, 0.29) is 5.91 Å². The summed E-state index contributed by atoms with van der Waals surface area (Å²) >= 11 is 2.86. The van der Waals surface area contributed by atoms with Crippen LogP contribution in [0.25, 0.3) is 0 Å². The minimum Gasteiger partial charge on any atom is -0.312 e. The van der Waals surface area contributed by atoms with Crippen molar-refractivity contribution < 1.29 is 4.79 Å². The highest BCUT2D eigenvalue weighted by Gasteiger charge is 2.17. The molecular weight excluding hydrogens is 264 g/mol. The average molecular weight is 276 g/mol. The fourth-order valence-electron chi connectivity index (χ4n) is 1.61. The summed E-state index contributed by atoms with van der Waals surface area (Å²) < 4.78 is 0. The molecule has 0 aromatic carbocycles. The molecule has 2 aromatic heterocycles. The van der Waals surface area contributed by atoms with Crippen molar-refractivity contribution in [3.8, 4) is 6.07 Å². The molecule has 0 bridgehead atoms. The first kappa shape index (κ1) is 12.8. The second kappa shape index (κ2) is 4.92. The first-order valence-electron chi connectivity index (χ1n) is 5.40. The molecule has 1 N–H and O–H groups in total. The van der Waals surface area contributed by atoms with Crippen molar-refractivity contribution in [2.24, 2.45) is 0 Å². The molecule has 2 aromatic rings. The van der Waals surface area contributed by atoms with Crippen molar-refractivity contribution in [3.05, 3.63) is 37.9 Å². The third kappa shape index (κ3) is 2.17. The van der Waals surface area contributed by atoms with Crippen molar-refractivity contribution in [3.63, 3.8) is 0 Å². The first-order valence-corrected chi connectivity index (χ1v) is 7.09. The molecule has 0 unspecified atom stereocenters. The molecule has 3 nitrogen and oxygen atoms in total. The molecule has 18 heavy (non-hydrogen) atoms. The summed E-state index contributed by atoms with van der Waals surface area (Å²) in [6.45, 7) is 5.75. The number of hydrogen-bond donors (Lipinski definition) is 1. The molecule has 2 heterocycles. The average Bonchev–Trinajstić information content (AvgIpc) is 2.85. The molecule has 5 heteroatoms. The van der Waals surface area contributed by atoms with Crippen LogP contribution in [0.3, 0.4) is 0 Å². The molecule has 0 atom stereocenters. The quantitative estimate of drug-likeness (QED) is 0.905. The Morgan fingerprint density at radius 1 is 1.39 bits per heavy atom. The van der Waals surface area contributed by atoms with Gasteiger partial charge in [-0.2, -0.15) is 5.26 Å². The number of anilines is 1. The van der Waals surface area contributed by atoms with Crippen molar-refractivity contribution in [1.29, 1.82) is 5.26 Å². The lowest BCUT2D eigenvalue weighted by molar-refractivity contribution is 0.103. The normalized spacial score (nSPS) is 10.1. The van der Waals surface area contributed by atoms with E-state index in [9.17, 15) is 4.79 Å². The fourth-order valence-corrected chi connectivity index (χ4v) is 3.44. The van der Waals surface area contributed by atoms with Crippen LogP contribution in [0.2, 0.25) is 0 Å². The van der Waals surface area contributed by atoms with Crippen LogP contribution in [0.5, 0.6) is 0 Å². The van der Waals surface area contributed by atoms with E-state index >= 15 is 0 Å². The maximum atomic E-state index is 12.1. The summed E-state index contributed by atoms with van der Waals surface area (Å²) in [6.07, 6.45) is 0. The van der Waals surface area contributed by atoms with Gasteiger partial charge in [0.05, 0.1) is 10.4 Å². The smallest absolute Gasteiger partial charge is 0.266 e. The van der Waals surface area contributed by atoms with Gasteiger partial charge in [0.1, 0.15) is 11.1 Å². The third-order valence-electron chi connectivity index (χ3n) is 2.79.